The standard InChI is InChI=1S/C13H21N5O/c19-13(9-15-7-10-1-2-10)16-12-4-6-18(17-12)11-3-5-14-8-11/h4,6,10-11,14-15H,1-3,5,7-9H2,(H,16,17,19)/t11-/m0/s1. The van der Waals surface area contributed by atoms with Gasteiger partial charge in [0, 0.05) is 18.8 Å². The van der Waals surface area contributed by atoms with E-state index in [1.807, 2.05) is 16.9 Å². The Morgan fingerprint density at radius 2 is 2.37 bits per heavy atom. The van der Waals surface area contributed by atoms with E-state index in [0.29, 0.717) is 18.4 Å². The Kier molecular flexibility index (Phi) is 3.79. The lowest BCUT2D eigenvalue weighted by molar-refractivity contribution is -0.115. The topological polar surface area (TPSA) is 71.0 Å². The molecular formula is C13H21N5O. The number of rotatable bonds is 6. The highest BCUT2D eigenvalue weighted by Gasteiger charge is 2.21. The largest absolute Gasteiger partial charge is 0.315 e. The molecule has 2 fully saturated rings. The smallest absolute Gasteiger partial charge is 0.239 e. The minimum Gasteiger partial charge on any atom is -0.315 e. The van der Waals surface area contributed by atoms with Crippen molar-refractivity contribution in [2.75, 3.05) is 31.5 Å². The zero-order chi connectivity index (χ0) is 13.1. The Morgan fingerprint density at radius 1 is 1.47 bits per heavy atom. The van der Waals surface area contributed by atoms with Crippen LogP contribution in [0.3, 0.4) is 0 Å². The van der Waals surface area contributed by atoms with Crippen LogP contribution in [0, 0.1) is 5.92 Å². The first-order chi connectivity index (χ1) is 9.31. The van der Waals surface area contributed by atoms with Gasteiger partial charge >= 0.3 is 0 Å². The molecule has 0 bridgehead atoms. The van der Waals surface area contributed by atoms with Crippen molar-refractivity contribution in [1.29, 1.82) is 0 Å². The second kappa shape index (κ2) is 5.71. The first-order valence-corrected chi connectivity index (χ1v) is 7.08. The third-order valence-electron chi connectivity index (χ3n) is 3.70. The average Bonchev–Trinajstić information content (AvgIpc) is 2.91. The predicted molar refractivity (Wildman–Crippen MR) is 73.0 cm³/mol. The number of carbonyl (C=O) groups excluding carboxylic acids is 1. The van der Waals surface area contributed by atoms with Crippen LogP contribution in [0.1, 0.15) is 25.3 Å². The van der Waals surface area contributed by atoms with Crippen LogP contribution in [0.25, 0.3) is 0 Å². The van der Waals surface area contributed by atoms with Crippen LogP contribution in [-0.4, -0.2) is 41.9 Å². The highest BCUT2D eigenvalue weighted by molar-refractivity contribution is 5.91. The molecule has 2 aliphatic rings. The first kappa shape index (κ1) is 12.6. The van der Waals surface area contributed by atoms with E-state index in [4.69, 9.17) is 0 Å². The maximum absolute atomic E-state index is 11.7. The molecule has 0 radical (unpaired) electrons. The summed E-state index contributed by atoms with van der Waals surface area (Å²) in [6, 6.07) is 2.27. The van der Waals surface area contributed by atoms with E-state index >= 15 is 0 Å². The highest BCUT2D eigenvalue weighted by Crippen LogP contribution is 2.27. The van der Waals surface area contributed by atoms with Gasteiger partial charge in [-0.15, -0.1) is 0 Å². The molecular weight excluding hydrogens is 242 g/mol. The molecule has 6 heteroatoms. The molecule has 1 atom stereocenters. The fraction of sp³-hybridized carbons (Fsp3) is 0.692. The molecule has 1 saturated heterocycles. The molecule has 19 heavy (non-hydrogen) atoms. The Morgan fingerprint density at radius 3 is 3.11 bits per heavy atom. The summed E-state index contributed by atoms with van der Waals surface area (Å²) in [5.41, 5.74) is 0. The van der Waals surface area contributed by atoms with Crippen molar-refractivity contribution >= 4 is 11.7 Å². The van der Waals surface area contributed by atoms with Crippen molar-refractivity contribution < 1.29 is 4.79 Å². The summed E-state index contributed by atoms with van der Waals surface area (Å²) in [6.45, 7) is 3.32. The summed E-state index contributed by atoms with van der Waals surface area (Å²) in [5, 5.41) is 13.7. The SMILES string of the molecule is O=C(CNCC1CC1)Nc1ccn([C@H]2CCNC2)n1. The van der Waals surface area contributed by atoms with Gasteiger partial charge in [-0.2, -0.15) is 5.10 Å². The first-order valence-electron chi connectivity index (χ1n) is 7.08. The predicted octanol–water partition coefficient (Wildman–Crippen LogP) is 0.356. The molecule has 1 amide bonds. The van der Waals surface area contributed by atoms with Gasteiger partial charge in [0.05, 0.1) is 12.6 Å². The number of aromatic nitrogens is 2. The second-order valence-corrected chi connectivity index (χ2v) is 5.45. The third-order valence-corrected chi connectivity index (χ3v) is 3.70. The average molecular weight is 263 g/mol. The number of hydrogen-bond donors (Lipinski definition) is 3. The zero-order valence-corrected chi connectivity index (χ0v) is 11.1. The molecule has 3 rings (SSSR count). The molecule has 6 nitrogen and oxygen atoms in total. The second-order valence-electron chi connectivity index (χ2n) is 5.45. The third kappa shape index (κ3) is 3.54. The molecule has 1 aromatic rings. The van der Waals surface area contributed by atoms with Gasteiger partial charge in [-0.25, -0.2) is 0 Å². The van der Waals surface area contributed by atoms with Gasteiger partial charge in [0.15, 0.2) is 5.82 Å². The molecule has 3 N–H and O–H groups in total. The van der Waals surface area contributed by atoms with Crippen LogP contribution in [0.15, 0.2) is 12.3 Å². The Bertz CT molecular complexity index is 434. The summed E-state index contributed by atoms with van der Waals surface area (Å²) >= 11 is 0. The number of nitrogens with one attached hydrogen (secondary N) is 3. The number of anilines is 1. The van der Waals surface area contributed by atoms with Crippen LogP contribution in [0.4, 0.5) is 5.82 Å². The molecule has 0 aromatic carbocycles. The molecule has 1 aliphatic heterocycles. The van der Waals surface area contributed by atoms with Gasteiger partial charge < -0.3 is 16.0 Å². The maximum Gasteiger partial charge on any atom is 0.239 e. The van der Waals surface area contributed by atoms with Gasteiger partial charge in [0.1, 0.15) is 0 Å². The van der Waals surface area contributed by atoms with E-state index < -0.39 is 0 Å². The van der Waals surface area contributed by atoms with Gasteiger partial charge in [-0.1, -0.05) is 0 Å². The van der Waals surface area contributed by atoms with E-state index in [0.717, 1.165) is 32.0 Å². The Balaban J connectivity index is 1.44. The molecule has 1 aromatic heterocycles. The van der Waals surface area contributed by atoms with Crippen LogP contribution >= 0.6 is 0 Å². The van der Waals surface area contributed by atoms with Gasteiger partial charge in [-0.3, -0.25) is 9.48 Å². The van der Waals surface area contributed by atoms with E-state index in [1.165, 1.54) is 12.8 Å². The van der Waals surface area contributed by atoms with Crippen molar-refractivity contribution in [3.05, 3.63) is 12.3 Å². The summed E-state index contributed by atoms with van der Waals surface area (Å²) in [5.74, 6) is 1.42. The summed E-state index contributed by atoms with van der Waals surface area (Å²) < 4.78 is 1.94. The molecule has 2 heterocycles. The van der Waals surface area contributed by atoms with E-state index in [1.54, 1.807) is 0 Å². The van der Waals surface area contributed by atoms with Gasteiger partial charge in [0.2, 0.25) is 5.91 Å². The van der Waals surface area contributed by atoms with Crippen molar-refractivity contribution in [1.82, 2.24) is 20.4 Å². The molecule has 1 aliphatic carbocycles. The summed E-state index contributed by atoms with van der Waals surface area (Å²) in [7, 11) is 0. The normalized spacial score (nSPS) is 22.6. The molecule has 104 valence electrons. The van der Waals surface area contributed by atoms with Crippen LogP contribution < -0.4 is 16.0 Å². The lowest BCUT2D eigenvalue weighted by Gasteiger charge is -2.08. The van der Waals surface area contributed by atoms with E-state index in [2.05, 4.69) is 21.0 Å². The van der Waals surface area contributed by atoms with Gasteiger partial charge in [-0.05, 0) is 38.3 Å². The molecule has 1 saturated carbocycles. The van der Waals surface area contributed by atoms with Crippen LogP contribution in [0.2, 0.25) is 0 Å². The molecule has 0 unspecified atom stereocenters. The Labute approximate surface area is 112 Å². The number of nitrogens with zero attached hydrogens (tertiary/aromatic N) is 2. The lowest BCUT2D eigenvalue weighted by Crippen LogP contribution is -2.29. The van der Waals surface area contributed by atoms with Crippen LogP contribution in [-0.2, 0) is 4.79 Å². The minimum absolute atomic E-state index is 0.0181. The van der Waals surface area contributed by atoms with Crippen molar-refractivity contribution in [2.45, 2.75) is 25.3 Å². The monoisotopic (exact) mass is 263 g/mol. The number of hydrogen-bond acceptors (Lipinski definition) is 4. The summed E-state index contributed by atoms with van der Waals surface area (Å²) in [4.78, 5) is 11.7. The van der Waals surface area contributed by atoms with Gasteiger partial charge in [0.25, 0.3) is 0 Å². The van der Waals surface area contributed by atoms with E-state index in [9.17, 15) is 4.79 Å². The molecule has 0 spiro atoms. The highest BCUT2D eigenvalue weighted by atomic mass is 16.2. The van der Waals surface area contributed by atoms with Crippen LogP contribution in [0.5, 0.6) is 0 Å². The fourth-order valence-electron chi connectivity index (χ4n) is 2.37. The quantitative estimate of drug-likeness (QED) is 0.693. The summed E-state index contributed by atoms with van der Waals surface area (Å²) in [6.07, 6.45) is 5.63. The zero-order valence-electron chi connectivity index (χ0n) is 11.1. The Hall–Kier alpha value is -1.40. The lowest BCUT2D eigenvalue weighted by atomic mass is 10.3. The van der Waals surface area contributed by atoms with Crippen molar-refractivity contribution in [3.63, 3.8) is 0 Å². The van der Waals surface area contributed by atoms with Crippen molar-refractivity contribution in [3.8, 4) is 0 Å². The number of amides is 1. The fourth-order valence-corrected chi connectivity index (χ4v) is 2.37. The maximum atomic E-state index is 11.7. The van der Waals surface area contributed by atoms with E-state index in [-0.39, 0.29) is 5.91 Å². The number of carbonyl (C=O) groups is 1. The minimum atomic E-state index is -0.0181. The van der Waals surface area contributed by atoms with Crippen molar-refractivity contribution in [2.24, 2.45) is 5.92 Å².